The number of thiophene rings is 1. The SMILES string of the molecule is CC1NC(=O)CCN(Cc2ccsc2)C1=O. The fourth-order valence-electron chi connectivity index (χ4n) is 1.76. The molecule has 1 N–H and O–H groups in total. The van der Waals surface area contributed by atoms with Gasteiger partial charge in [-0.05, 0) is 29.3 Å². The van der Waals surface area contributed by atoms with Crippen molar-refractivity contribution in [1.29, 1.82) is 0 Å². The number of hydrogen-bond donors (Lipinski definition) is 1. The van der Waals surface area contributed by atoms with Crippen LogP contribution in [-0.4, -0.2) is 29.3 Å². The maximum absolute atomic E-state index is 11.9. The van der Waals surface area contributed by atoms with Crippen LogP contribution in [0.5, 0.6) is 0 Å². The van der Waals surface area contributed by atoms with Gasteiger partial charge in [-0.1, -0.05) is 0 Å². The predicted octanol–water partition coefficient (Wildman–Crippen LogP) is 0.985. The van der Waals surface area contributed by atoms with Crippen molar-refractivity contribution in [3.63, 3.8) is 0 Å². The lowest BCUT2D eigenvalue weighted by Gasteiger charge is -2.21. The van der Waals surface area contributed by atoms with Crippen molar-refractivity contribution in [1.82, 2.24) is 10.2 Å². The minimum Gasteiger partial charge on any atom is -0.345 e. The molecule has 2 heterocycles. The monoisotopic (exact) mass is 238 g/mol. The second kappa shape index (κ2) is 4.65. The third-order valence-corrected chi connectivity index (χ3v) is 3.35. The van der Waals surface area contributed by atoms with Crippen LogP contribution in [0.4, 0.5) is 0 Å². The summed E-state index contributed by atoms with van der Waals surface area (Å²) in [4.78, 5) is 25.0. The second-order valence-electron chi connectivity index (χ2n) is 3.93. The maximum Gasteiger partial charge on any atom is 0.245 e. The lowest BCUT2D eigenvalue weighted by molar-refractivity contribution is -0.133. The van der Waals surface area contributed by atoms with Crippen LogP contribution in [0.15, 0.2) is 16.8 Å². The summed E-state index contributed by atoms with van der Waals surface area (Å²) in [6.45, 7) is 2.83. The van der Waals surface area contributed by atoms with Crippen molar-refractivity contribution in [3.05, 3.63) is 22.4 Å². The van der Waals surface area contributed by atoms with E-state index >= 15 is 0 Å². The first-order valence-electron chi connectivity index (χ1n) is 5.26. The molecular weight excluding hydrogens is 224 g/mol. The Morgan fingerprint density at radius 1 is 1.56 bits per heavy atom. The normalized spacial score (nSPS) is 21.8. The first-order chi connectivity index (χ1) is 7.66. The van der Waals surface area contributed by atoms with Gasteiger partial charge in [0.25, 0.3) is 0 Å². The van der Waals surface area contributed by atoms with Crippen molar-refractivity contribution < 1.29 is 9.59 Å². The number of nitrogens with one attached hydrogen (secondary N) is 1. The molecule has 16 heavy (non-hydrogen) atoms. The number of carbonyl (C=O) groups excluding carboxylic acids is 2. The molecular formula is C11H14N2O2S. The Morgan fingerprint density at radius 2 is 2.38 bits per heavy atom. The van der Waals surface area contributed by atoms with Crippen molar-refractivity contribution in [2.45, 2.75) is 25.9 Å². The summed E-state index contributed by atoms with van der Waals surface area (Å²) >= 11 is 1.62. The molecule has 86 valence electrons. The number of nitrogens with zero attached hydrogens (tertiary/aromatic N) is 1. The molecule has 0 aliphatic carbocycles. The van der Waals surface area contributed by atoms with Gasteiger partial charge in [-0.3, -0.25) is 9.59 Å². The first-order valence-corrected chi connectivity index (χ1v) is 6.20. The molecule has 5 heteroatoms. The van der Waals surface area contributed by atoms with Gasteiger partial charge in [-0.2, -0.15) is 11.3 Å². The van der Waals surface area contributed by atoms with Crippen LogP contribution in [0.1, 0.15) is 18.9 Å². The molecule has 4 nitrogen and oxygen atoms in total. The van der Waals surface area contributed by atoms with E-state index in [-0.39, 0.29) is 11.8 Å². The van der Waals surface area contributed by atoms with Crippen molar-refractivity contribution in [2.24, 2.45) is 0 Å². The van der Waals surface area contributed by atoms with Gasteiger partial charge < -0.3 is 10.2 Å². The molecule has 1 unspecified atom stereocenters. The summed E-state index contributed by atoms with van der Waals surface area (Å²) in [5.74, 6) is -0.0503. The molecule has 0 spiro atoms. The van der Waals surface area contributed by atoms with E-state index in [1.54, 1.807) is 23.2 Å². The maximum atomic E-state index is 11.9. The van der Waals surface area contributed by atoms with E-state index < -0.39 is 6.04 Å². The predicted molar refractivity (Wildman–Crippen MR) is 62.0 cm³/mol. The zero-order valence-corrected chi connectivity index (χ0v) is 9.92. The number of carbonyl (C=O) groups is 2. The number of hydrogen-bond acceptors (Lipinski definition) is 3. The molecule has 1 aromatic heterocycles. The van der Waals surface area contributed by atoms with Gasteiger partial charge in [0, 0.05) is 19.5 Å². The summed E-state index contributed by atoms with van der Waals surface area (Å²) in [6.07, 6.45) is 0.389. The number of rotatable bonds is 2. The minimum atomic E-state index is -0.409. The fraction of sp³-hybridized carbons (Fsp3) is 0.455. The lowest BCUT2D eigenvalue weighted by atomic mass is 10.2. The highest BCUT2D eigenvalue weighted by molar-refractivity contribution is 7.07. The molecule has 0 bridgehead atoms. The van der Waals surface area contributed by atoms with Crippen LogP contribution in [0.25, 0.3) is 0 Å². The summed E-state index contributed by atoms with van der Waals surface area (Å²) in [7, 11) is 0. The Balaban J connectivity index is 2.08. The summed E-state index contributed by atoms with van der Waals surface area (Å²) in [5, 5.41) is 6.69. The average molecular weight is 238 g/mol. The molecule has 0 radical (unpaired) electrons. The van der Waals surface area contributed by atoms with Gasteiger partial charge in [0.1, 0.15) is 6.04 Å². The Hall–Kier alpha value is -1.36. The molecule has 1 aliphatic rings. The Bertz CT molecular complexity index is 389. The minimum absolute atomic E-state index is 0.00273. The van der Waals surface area contributed by atoms with E-state index in [4.69, 9.17) is 0 Å². The third-order valence-electron chi connectivity index (χ3n) is 2.62. The van der Waals surface area contributed by atoms with Crippen molar-refractivity contribution in [3.8, 4) is 0 Å². The van der Waals surface area contributed by atoms with E-state index in [2.05, 4.69) is 5.32 Å². The Labute approximate surface area is 98.3 Å². The molecule has 1 aromatic rings. The van der Waals surface area contributed by atoms with Gasteiger partial charge in [-0.25, -0.2) is 0 Å². The van der Waals surface area contributed by atoms with E-state index in [0.717, 1.165) is 5.56 Å². The van der Waals surface area contributed by atoms with Crippen molar-refractivity contribution in [2.75, 3.05) is 6.54 Å². The van der Waals surface area contributed by atoms with Gasteiger partial charge >= 0.3 is 0 Å². The van der Waals surface area contributed by atoms with Gasteiger partial charge in [-0.15, -0.1) is 0 Å². The molecule has 1 saturated heterocycles. The van der Waals surface area contributed by atoms with Gasteiger partial charge in [0.15, 0.2) is 0 Å². The molecule has 1 atom stereocenters. The van der Waals surface area contributed by atoms with Gasteiger partial charge in [0.05, 0.1) is 0 Å². The molecule has 2 rings (SSSR count). The Kier molecular flexibility index (Phi) is 3.24. The molecule has 0 aromatic carbocycles. The Morgan fingerprint density at radius 3 is 3.06 bits per heavy atom. The summed E-state index contributed by atoms with van der Waals surface area (Å²) in [5.41, 5.74) is 1.12. The molecule has 0 saturated carbocycles. The second-order valence-corrected chi connectivity index (χ2v) is 4.71. The molecule has 1 aliphatic heterocycles. The van der Waals surface area contributed by atoms with Crippen LogP contribution in [0, 0.1) is 0 Å². The highest BCUT2D eigenvalue weighted by Crippen LogP contribution is 2.12. The highest BCUT2D eigenvalue weighted by Gasteiger charge is 2.26. The van der Waals surface area contributed by atoms with Gasteiger partial charge in [0.2, 0.25) is 11.8 Å². The summed E-state index contributed by atoms with van der Waals surface area (Å²) < 4.78 is 0. The van der Waals surface area contributed by atoms with Crippen LogP contribution in [0.3, 0.4) is 0 Å². The van der Waals surface area contributed by atoms with Crippen LogP contribution < -0.4 is 5.32 Å². The summed E-state index contributed by atoms with van der Waals surface area (Å²) in [6, 6.07) is 1.59. The smallest absolute Gasteiger partial charge is 0.245 e. The zero-order chi connectivity index (χ0) is 11.5. The largest absolute Gasteiger partial charge is 0.345 e. The van der Waals surface area contributed by atoms with Crippen molar-refractivity contribution >= 4 is 23.2 Å². The van der Waals surface area contributed by atoms with Crippen LogP contribution in [-0.2, 0) is 16.1 Å². The third kappa shape index (κ3) is 2.41. The van der Waals surface area contributed by atoms with Crippen LogP contribution in [0.2, 0.25) is 0 Å². The standard InChI is InChI=1S/C11H14N2O2S/c1-8-11(15)13(4-2-10(14)12-8)6-9-3-5-16-7-9/h3,5,7-8H,2,4,6H2,1H3,(H,12,14). The molecule has 1 fully saturated rings. The quantitative estimate of drug-likeness (QED) is 0.835. The topological polar surface area (TPSA) is 49.4 Å². The number of amides is 2. The molecule has 2 amide bonds. The van der Waals surface area contributed by atoms with Crippen LogP contribution >= 0.6 is 11.3 Å². The highest BCUT2D eigenvalue weighted by atomic mass is 32.1. The van der Waals surface area contributed by atoms with E-state index in [1.807, 2.05) is 16.8 Å². The average Bonchev–Trinajstić information content (AvgIpc) is 2.71. The van der Waals surface area contributed by atoms with E-state index in [1.165, 1.54) is 0 Å². The van der Waals surface area contributed by atoms with E-state index in [9.17, 15) is 9.59 Å². The lowest BCUT2D eigenvalue weighted by Crippen LogP contribution is -2.42. The zero-order valence-electron chi connectivity index (χ0n) is 9.10. The van der Waals surface area contributed by atoms with E-state index in [0.29, 0.717) is 19.5 Å². The fourth-order valence-corrected chi connectivity index (χ4v) is 2.42. The first kappa shape index (κ1) is 11.1.